The molecule has 3 aromatic rings. The second-order valence-corrected chi connectivity index (χ2v) is 9.38. The Kier molecular flexibility index (Phi) is 6.11. The number of benzene rings is 2. The van der Waals surface area contributed by atoms with Gasteiger partial charge in [0.25, 0.3) is 0 Å². The average molecular weight is 441 g/mol. The van der Waals surface area contributed by atoms with Crippen molar-refractivity contribution in [3.8, 4) is 6.07 Å². The Bertz CT molecular complexity index is 1170. The van der Waals surface area contributed by atoms with E-state index in [2.05, 4.69) is 28.3 Å². The van der Waals surface area contributed by atoms with Crippen LogP contribution in [0.5, 0.6) is 0 Å². The maximum absolute atomic E-state index is 13.2. The lowest BCUT2D eigenvalue weighted by Crippen LogP contribution is -2.31. The topological polar surface area (TPSA) is 100 Å². The minimum Gasteiger partial charge on any atom is -0.338 e. The van der Waals surface area contributed by atoms with E-state index in [1.807, 2.05) is 18.2 Å². The number of aryl methyl sites for hydroxylation is 2. The SMILES string of the molecule is N#C[C@H]1CC(c2nc(CCCc3ccccc3)no2)N(S(=O)(=O)c2ccc(F)cc2)C1. The zero-order valence-electron chi connectivity index (χ0n) is 16.7. The van der Waals surface area contributed by atoms with Gasteiger partial charge in [0, 0.05) is 13.0 Å². The van der Waals surface area contributed by atoms with Crippen molar-refractivity contribution in [2.24, 2.45) is 5.92 Å². The van der Waals surface area contributed by atoms with Crippen molar-refractivity contribution in [3.63, 3.8) is 0 Å². The first-order chi connectivity index (χ1) is 15.0. The van der Waals surface area contributed by atoms with Crippen LogP contribution in [0.3, 0.4) is 0 Å². The second kappa shape index (κ2) is 8.96. The molecule has 1 fully saturated rings. The first-order valence-electron chi connectivity index (χ1n) is 10.0. The number of nitriles is 1. The van der Waals surface area contributed by atoms with Crippen LogP contribution in [0, 0.1) is 23.1 Å². The maximum Gasteiger partial charge on any atom is 0.245 e. The summed E-state index contributed by atoms with van der Waals surface area (Å²) in [6.07, 6.45) is 2.56. The van der Waals surface area contributed by atoms with Gasteiger partial charge in [0.1, 0.15) is 11.9 Å². The molecule has 2 atom stereocenters. The largest absolute Gasteiger partial charge is 0.338 e. The number of nitrogens with zero attached hydrogens (tertiary/aromatic N) is 4. The summed E-state index contributed by atoms with van der Waals surface area (Å²) in [5.41, 5.74) is 1.22. The third-order valence-electron chi connectivity index (χ3n) is 5.34. The molecule has 7 nitrogen and oxygen atoms in total. The quantitative estimate of drug-likeness (QED) is 0.556. The van der Waals surface area contributed by atoms with Crippen LogP contribution in [0.15, 0.2) is 64.0 Å². The van der Waals surface area contributed by atoms with E-state index < -0.39 is 27.8 Å². The van der Waals surface area contributed by atoms with Gasteiger partial charge in [-0.1, -0.05) is 35.5 Å². The van der Waals surface area contributed by atoms with E-state index in [0.717, 1.165) is 25.0 Å². The fourth-order valence-corrected chi connectivity index (χ4v) is 5.37. The molecule has 0 bridgehead atoms. The highest BCUT2D eigenvalue weighted by Gasteiger charge is 2.44. The van der Waals surface area contributed by atoms with Crippen molar-refractivity contribution < 1.29 is 17.3 Å². The lowest BCUT2D eigenvalue weighted by Gasteiger charge is -2.21. The van der Waals surface area contributed by atoms with Gasteiger partial charge in [-0.05, 0) is 49.1 Å². The van der Waals surface area contributed by atoms with E-state index in [1.165, 1.54) is 22.0 Å². The lowest BCUT2D eigenvalue weighted by molar-refractivity contribution is 0.289. The summed E-state index contributed by atoms with van der Waals surface area (Å²) < 4.78 is 46.1. The highest BCUT2D eigenvalue weighted by Crippen LogP contribution is 2.38. The number of rotatable bonds is 7. The zero-order valence-corrected chi connectivity index (χ0v) is 17.5. The Morgan fingerprint density at radius 3 is 2.58 bits per heavy atom. The van der Waals surface area contributed by atoms with Gasteiger partial charge in [-0.3, -0.25) is 0 Å². The minimum atomic E-state index is -3.95. The second-order valence-electron chi connectivity index (χ2n) is 7.49. The summed E-state index contributed by atoms with van der Waals surface area (Å²) >= 11 is 0. The van der Waals surface area contributed by atoms with Crippen LogP contribution in [0.2, 0.25) is 0 Å². The predicted molar refractivity (Wildman–Crippen MR) is 110 cm³/mol. The maximum atomic E-state index is 13.2. The zero-order chi connectivity index (χ0) is 21.8. The standard InChI is InChI=1S/C22H21FN4O3S/c23-18-9-11-19(12-10-18)31(28,29)27-15-17(14-24)13-20(27)22-25-21(26-30-22)8-4-7-16-5-2-1-3-6-16/h1-3,5-6,9-12,17,20H,4,7-8,13,15H2/t17-,20?/m1/s1. The number of hydrogen-bond donors (Lipinski definition) is 0. The van der Waals surface area contributed by atoms with E-state index in [4.69, 9.17) is 4.52 Å². The van der Waals surface area contributed by atoms with Crippen LogP contribution < -0.4 is 0 Å². The molecule has 1 unspecified atom stereocenters. The Morgan fingerprint density at radius 2 is 1.87 bits per heavy atom. The summed E-state index contributed by atoms with van der Waals surface area (Å²) in [5, 5.41) is 13.4. The molecule has 2 heterocycles. The van der Waals surface area contributed by atoms with Gasteiger partial charge in [0.15, 0.2) is 5.82 Å². The molecule has 160 valence electrons. The van der Waals surface area contributed by atoms with Crippen LogP contribution >= 0.6 is 0 Å². The van der Waals surface area contributed by atoms with Gasteiger partial charge in [-0.2, -0.15) is 14.6 Å². The molecule has 9 heteroatoms. The minimum absolute atomic E-state index is 0.0204. The van der Waals surface area contributed by atoms with Crippen LogP contribution in [0.25, 0.3) is 0 Å². The summed E-state index contributed by atoms with van der Waals surface area (Å²) in [6.45, 7) is 0.0204. The predicted octanol–water partition coefficient (Wildman–Crippen LogP) is 3.66. The van der Waals surface area contributed by atoms with Crippen LogP contribution in [0.4, 0.5) is 4.39 Å². The van der Waals surface area contributed by atoms with E-state index >= 15 is 0 Å². The van der Waals surface area contributed by atoms with Crippen molar-refractivity contribution in [1.29, 1.82) is 5.26 Å². The molecule has 2 aromatic carbocycles. The van der Waals surface area contributed by atoms with E-state index in [-0.39, 0.29) is 23.8 Å². The Hall–Kier alpha value is -3.09. The number of aromatic nitrogens is 2. The number of sulfonamides is 1. The molecule has 0 N–H and O–H groups in total. The van der Waals surface area contributed by atoms with Gasteiger partial charge in [-0.15, -0.1) is 0 Å². The third-order valence-corrected chi connectivity index (χ3v) is 7.22. The van der Waals surface area contributed by atoms with Crippen LogP contribution in [-0.2, 0) is 22.9 Å². The van der Waals surface area contributed by atoms with Gasteiger partial charge in [-0.25, -0.2) is 12.8 Å². The van der Waals surface area contributed by atoms with Crippen molar-refractivity contribution in [2.45, 2.75) is 36.6 Å². The van der Waals surface area contributed by atoms with Crippen LogP contribution in [0.1, 0.15) is 36.2 Å². The average Bonchev–Trinajstić information content (AvgIpc) is 3.42. The molecule has 31 heavy (non-hydrogen) atoms. The molecule has 4 rings (SSSR count). The molecule has 1 aromatic heterocycles. The summed E-state index contributed by atoms with van der Waals surface area (Å²) in [7, 11) is -3.95. The van der Waals surface area contributed by atoms with Gasteiger partial charge < -0.3 is 4.52 Å². The summed E-state index contributed by atoms with van der Waals surface area (Å²) in [6, 6.07) is 16.1. The van der Waals surface area contributed by atoms with Crippen molar-refractivity contribution in [1.82, 2.24) is 14.4 Å². The lowest BCUT2D eigenvalue weighted by atomic mass is 10.1. The van der Waals surface area contributed by atoms with Gasteiger partial charge in [0.2, 0.25) is 15.9 Å². The molecular weight excluding hydrogens is 419 g/mol. The molecule has 0 saturated carbocycles. The number of halogens is 1. The smallest absolute Gasteiger partial charge is 0.245 e. The van der Waals surface area contributed by atoms with Gasteiger partial charge in [0.05, 0.1) is 16.9 Å². The Labute approximate surface area is 180 Å². The van der Waals surface area contributed by atoms with E-state index in [9.17, 15) is 18.1 Å². The molecule has 0 amide bonds. The Morgan fingerprint density at radius 1 is 1.13 bits per heavy atom. The molecule has 1 aliphatic heterocycles. The molecule has 0 radical (unpaired) electrons. The van der Waals surface area contributed by atoms with Crippen LogP contribution in [-0.4, -0.2) is 29.4 Å². The summed E-state index contributed by atoms with van der Waals surface area (Å²) in [5.74, 6) is -0.332. The number of hydrogen-bond acceptors (Lipinski definition) is 6. The monoisotopic (exact) mass is 440 g/mol. The van der Waals surface area contributed by atoms with Gasteiger partial charge >= 0.3 is 0 Å². The fourth-order valence-electron chi connectivity index (χ4n) is 3.73. The van der Waals surface area contributed by atoms with Crippen molar-refractivity contribution in [2.75, 3.05) is 6.54 Å². The molecule has 1 aliphatic rings. The fraction of sp³-hybridized carbons (Fsp3) is 0.318. The van der Waals surface area contributed by atoms with E-state index in [1.54, 1.807) is 0 Å². The molecule has 0 spiro atoms. The summed E-state index contributed by atoms with van der Waals surface area (Å²) in [4.78, 5) is 4.37. The third kappa shape index (κ3) is 4.65. The van der Waals surface area contributed by atoms with Crippen molar-refractivity contribution >= 4 is 10.0 Å². The molecular formula is C22H21FN4O3S. The normalized spacial score (nSPS) is 19.4. The highest BCUT2D eigenvalue weighted by atomic mass is 32.2. The molecule has 0 aliphatic carbocycles. The first kappa shape index (κ1) is 21.2. The van der Waals surface area contributed by atoms with E-state index in [0.29, 0.717) is 12.2 Å². The Balaban J connectivity index is 1.50. The molecule has 1 saturated heterocycles. The highest BCUT2D eigenvalue weighted by molar-refractivity contribution is 7.89. The van der Waals surface area contributed by atoms with Crippen molar-refractivity contribution in [3.05, 3.63) is 77.7 Å². The first-order valence-corrected chi connectivity index (χ1v) is 11.4.